The van der Waals surface area contributed by atoms with Crippen LogP contribution in [0.5, 0.6) is 5.75 Å². The summed E-state index contributed by atoms with van der Waals surface area (Å²) < 4.78 is 16.9. The fourth-order valence-corrected chi connectivity index (χ4v) is 4.15. The number of aliphatic hydroxyl groups is 1. The molecule has 4 atom stereocenters. The van der Waals surface area contributed by atoms with Gasteiger partial charge in [-0.15, -0.1) is 0 Å². The summed E-state index contributed by atoms with van der Waals surface area (Å²) in [6, 6.07) is 5.50. The van der Waals surface area contributed by atoms with E-state index in [2.05, 4.69) is 10.6 Å². The Hall–Kier alpha value is -2.16. The number of aliphatic hydroxyl groups excluding tert-OH is 1. The van der Waals surface area contributed by atoms with Crippen LogP contribution in [0.25, 0.3) is 0 Å². The zero-order valence-corrected chi connectivity index (χ0v) is 16.6. The lowest BCUT2D eigenvalue weighted by molar-refractivity contribution is -0.142. The molecule has 3 N–H and O–H groups in total. The number of benzene rings is 1. The van der Waals surface area contributed by atoms with Crippen LogP contribution in [0.1, 0.15) is 37.2 Å². The van der Waals surface area contributed by atoms with E-state index >= 15 is 0 Å². The first-order valence-electron chi connectivity index (χ1n) is 10.2. The highest BCUT2D eigenvalue weighted by atomic mass is 16.6. The van der Waals surface area contributed by atoms with E-state index in [9.17, 15) is 14.7 Å². The lowest BCUT2D eigenvalue weighted by Crippen LogP contribution is -2.47. The summed E-state index contributed by atoms with van der Waals surface area (Å²) in [5, 5.41) is 15.6. The predicted octanol–water partition coefficient (Wildman–Crippen LogP) is 1.18. The highest BCUT2D eigenvalue weighted by Gasteiger charge is 2.46. The number of rotatable bonds is 8. The molecule has 2 fully saturated rings. The topological polar surface area (TPSA) is 106 Å². The average Bonchev–Trinajstić information content (AvgIpc) is 3.46. The number of hydrogen-bond acceptors (Lipinski definition) is 6. The number of carbonyl (C=O) groups excluding carboxylic acids is 2. The fraction of sp³-hybridized carbons (Fsp3) is 0.619. The van der Waals surface area contributed by atoms with Gasteiger partial charge in [-0.1, -0.05) is 0 Å². The maximum absolute atomic E-state index is 12.3. The number of ether oxygens (including phenoxy) is 3. The predicted molar refractivity (Wildman–Crippen MR) is 105 cm³/mol. The molecule has 158 valence electrons. The number of anilines is 1. The average molecular weight is 404 g/mol. The second-order valence-electron chi connectivity index (χ2n) is 8.09. The molecule has 29 heavy (non-hydrogen) atoms. The van der Waals surface area contributed by atoms with Gasteiger partial charge < -0.3 is 30.0 Å². The number of nitrogens with one attached hydrogen (secondary N) is 2. The zero-order valence-electron chi connectivity index (χ0n) is 16.6. The molecule has 4 rings (SSSR count). The Morgan fingerprint density at radius 1 is 1.28 bits per heavy atom. The summed E-state index contributed by atoms with van der Waals surface area (Å²) >= 11 is 0. The Kier molecular flexibility index (Phi) is 6.03. The van der Waals surface area contributed by atoms with Crippen LogP contribution in [0.3, 0.4) is 0 Å². The maximum Gasteiger partial charge on any atom is 0.250 e. The third kappa shape index (κ3) is 4.71. The van der Waals surface area contributed by atoms with Crippen LogP contribution in [0.4, 0.5) is 5.69 Å². The monoisotopic (exact) mass is 404 g/mol. The van der Waals surface area contributed by atoms with E-state index in [1.807, 2.05) is 12.1 Å². The largest absolute Gasteiger partial charge is 0.487 e. The normalized spacial score (nSPS) is 27.5. The molecule has 8 nitrogen and oxygen atoms in total. The van der Waals surface area contributed by atoms with Gasteiger partial charge in [0.1, 0.15) is 24.6 Å². The molecule has 1 saturated heterocycles. The van der Waals surface area contributed by atoms with Crippen molar-refractivity contribution in [2.45, 2.75) is 49.9 Å². The molecule has 0 spiro atoms. The Balaban J connectivity index is 1.44. The number of carbonyl (C=O) groups is 2. The molecule has 1 saturated carbocycles. The minimum absolute atomic E-state index is 0.00332. The minimum Gasteiger partial charge on any atom is -0.487 e. The van der Waals surface area contributed by atoms with E-state index in [0.717, 1.165) is 17.9 Å². The third-order valence-electron chi connectivity index (χ3n) is 5.76. The van der Waals surface area contributed by atoms with E-state index in [4.69, 9.17) is 14.2 Å². The van der Waals surface area contributed by atoms with Crippen molar-refractivity contribution in [3.05, 3.63) is 23.8 Å². The highest BCUT2D eigenvalue weighted by molar-refractivity contribution is 5.91. The van der Waals surface area contributed by atoms with Crippen LogP contribution in [0, 0.1) is 5.92 Å². The van der Waals surface area contributed by atoms with Gasteiger partial charge in [-0.2, -0.15) is 0 Å². The van der Waals surface area contributed by atoms with Crippen molar-refractivity contribution < 1.29 is 28.9 Å². The number of methoxy groups -OCH3 is 1. The molecule has 0 aromatic heterocycles. The van der Waals surface area contributed by atoms with Crippen molar-refractivity contribution in [2.24, 2.45) is 5.92 Å². The molecule has 1 aromatic carbocycles. The summed E-state index contributed by atoms with van der Waals surface area (Å²) in [4.78, 5) is 24.1. The van der Waals surface area contributed by atoms with Gasteiger partial charge in [-0.3, -0.25) is 9.59 Å². The Labute approximate surface area is 169 Å². The van der Waals surface area contributed by atoms with Gasteiger partial charge in [-0.25, -0.2) is 0 Å². The quantitative estimate of drug-likeness (QED) is 0.601. The van der Waals surface area contributed by atoms with E-state index < -0.39 is 6.10 Å². The standard InChI is InChI=1S/C21H28N2O6/c1-27-11-20(26)23-13-4-5-17-15(6-13)16-7-14(28-18(10-24)21(16)29-17)8-19(25)22-9-12-2-3-12/h4-6,12,14,16,18,21,24H,2-3,7-11H2,1H3,(H,22,25)(H,23,26)/t14-,16+,18-,21-/m1/s1. The van der Waals surface area contributed by atoms with Crippen molar-refractivity contribution in [1.29, 1.82) is 0 Å². The van der Waals surface area contributed by atoms with Crippen LogP contribution in [-0.2, 0) is 19.1 Å². The van der Waals surface area contributed by atoms with E-state index in [0.29, 0.717) is 18.0 Å². The number of fused-ring (bicyclic) bond motifs is 3. The summed E-state index contributed by atoms with van der Waals surface area (Å²) in [5.74, 6) is 1.11. The second kappa shape index (κ2) is 8.69. The molecule has 1 aromatic rings. The molecule has 2 heterocycles. The first-order chi connectivity index (χ1) is 14.1. The van der Waals surface area contributed by atoms with Gasteiger partial charge in [0.05, 0.1) is 19.1 Å². The van der Waals surface area contributed by atoms with Crippen molar-refractivity contribution in [2.75, 3.05) is 32.2 Å². The summed E-state index contributed by atoms with van der Waals surface area (Å²) in [7, 11) is 1.47. The fourth-order valence-electron chi connectivity index (χ4n) is 4.15. The minimum atomic E-state index is -0.492. The van der Waals surface area contributed by atoms with Crippen LogP contribution in [0.2, 0.25) is 0 Å². The first-order valence-corrected chi connectivity index (χ1v) is 10.2. The lowest BCUT2D eigenvalue weighted by atomic mass is 9.84. The van der Waals surface area contributed by atoms with Gasteiger partial charge in [0.15, 0.2) is 0 Å². The van der Waals surface area contributed by atoms with Gasteiger partial charge in [-0.05, 0) is 43.4 Å². The van der Waals surface area contributed by atoms with E-state index in [-0.39, 0.29) is 49.6 Å². The Bertz CT molecular complexity index is 766. The molecule has 0 bridgehead atoms. The molecule has 2 amide bonds. The second-order valence-corrected chi connectivity index (χ2v) is 8.09. The van der Waals surface area contributed by atoms with Gasteiger partial charge in [0, 0.05) is 30.8 Å². The van der Waals surface area contributed by atoms with Gasteiger partial charge >= 0.3 is 0 Å². The smallest absolute Gasteiger partial charge is 0.250 e. The Morgan fingerprint density at radius 3 is 2.83 bits per heavy atom. The van der Waals surface area contributed by atoms with Gasteiger partial charge in [0.25, 0.3) is 0 Å². The van der Waals surface area contributed by atoms with Crippen molar-refractivity contribution in [3.63, 3.8) is 0 Å². The van der Waals surface area contributed by atoms with Gasteiger partial charge in [0.2, 0.25) is 11.8 Å². The van der Waals surface area contributed by atoms with Crippen molar-refractivity contribution in [1.82, 2.24) is 5.32 Å². The zero-order chi connectivity index (χ0) is 20.4. The summed E-state index contributed by atoms with van der Waals surface area (Å²) in [5.41, 5.74) is 1.64. The third-order valence-corrected chi connectivity index (χ3v) is 5.76. The Morgan fingerprint density at radius 2 is 2.10 bits per heavy atom. The SMILES string of the molecule is COCC(=O)Nc1ccc2c(c1)[C@@H]1C[C@H](CC(=O)NCC3CC3)O[C@H](CO)[C@@H]1O2. The number of amides is 2. The van der Waals surface area contributed by atoms with Crippen LogP contribution < -0.4 is 15.4 Å². The summed E-state index contributed by atoms with van der Waals surface area (Å²) in [6.45, 7) is 0.544. The molecular weight excluding hydrogens is 376 g/mol. The maximum atomic E-state index is 12.3. The van der Waals surface area contributed by atoms with Crippen molar-refractivity contribution >= 4 is 17.5 Å². The first kappa shape index (κ1) is 20.1. The summed E-state index contributed by atoms with van der Waals surface area (Å²) in [6.07, 6.45) is 2.20. The molecular formula is C21H28N2O6. The molecule has 8 heteroatoms. The highest BCUT2D eigenvalue weighted by Crippen LogP contribution is 2.47. The van der Waals surface area contributed by atoms with Crippen LogP contribution in [0.15, 0.2) is 18.2 Å². The van der Waals surface area contributed by atoms with Crippen LogP contribution in [-0.4, -0.2) is 62.1 Å². The molecule has 0 unspecified atom stereocenters. The molecule has 3 aliphatic rings. The molecule has 2 aliphatic heterocycles. The van der Waals surface area contributed by atoms with Crippen LogP contribution >= 0.6 is 0 Å². The van der Waals surface area contributed by atoms with Crippen molar-refractivity contribution in [3.8, 4) is 5.75 Å². The number of hydrogen-bond donors (Lipinski definition) is 3. The van der Waals surface area contributed by atoms with E-state index in [1.165, 1.54) is 20.0 Å². The van der Waals surface area contributed by atoms with E-state index in [1.54, 1.807) is 6.07 Å². The molecule has 1 aliphatic carbocycles. The molecule has 0 radical (unpaired) electrons. The lowest BCUT2D eigenvalue weighted by Gasteiger charge is -2.37.